The first-order valence-electron chi connectivity index (χ1n) is 8.63. The Morgan fingerprint density at radius 2 is 1.54 bits per heavy atom. The number of hydrogen-bond acceptors (Lipinski definition) is 4. The van der Waals surface area contributed by atoms with Crippen LogP contribution in [-0.2, 0) is 25.5 Å². The molecule has 4 nitrogen and oxygen atoms in total. The summed E-state index contributed by atoms with van der Waals surface area (Å²) in [5, 5.41) is 0. The molecule has 0 radical (unpaired) electrons. The number of carbonyl (C=O) groups excluding carboxylic acids is 2. The van der Waals surface area contributed by atoms with E-state index in [9.17, 15) is 9.59 Å². The summed E-state index contributed by atoms with van der Waals surface area (Å²) in [4.78, 5) is 22.0. The molecule has 132 valence electrons. The van der Waals surface area contributed by atoms with Crippen LogP contribution in [0.5, 0.6) is 0 Å². The summed E-state index contributed by atoms with van der Waals surface area (Å²) in [5.41, 5.74) is 2.29. The number of esters is 2. The average molecular weight is 332 g/mol. The molecule has 0 atom stereocenters. The van der Waals surface area contributed by atoms with E-state index in [1.807, 2.05) is 12.1 Å². The van der Waals surface area contributed by atoms with Gasteiger partial charge >= 0.3 is 11.9 Å². The third-order valence-electron chi connectivity index (χ3n) is 3.56. The molecule has 0 saturated heterocycles. The lowest BCUT2D eigenvalue weighted by Crippen LogP contribution is -2.19. The van der Waals surface area contributed by atoms with Crippen LogP contribution in [0.15, 0.2) is 30.3 Å². The molecule has 0 amide bonds. The Morgan fingerprint density at radius 1 is 0.958 bits per heavy atom. The average Bonchev–Trinajstić information content (AvgIpc) is 2.52. The van der Waals surface area contributed by atoms with Gasteiger partial charge in [0.2, 0.25) is 0 Å². The quantitative estimate of drug-likeness (QED) is 0.355. The maximum absolute atomic E-state index is 11.0. The SMILES string of the molecule is CCCCCCCc1ccc(C=CC(OC(C)=O)OC(C)=O)cc1. The highest BCUT2D eigenvalue weighted by atomic mass is 16.7. The fourth-order valence-electron chi connectivity index (χ4n) is 2.35. The first-order chi connectivity index (χ1) is 11.5. The van der Waals surface area contributed by atoms with E-state index < -0.39 is 18.2 Å². The Hall–Kier alpha value is -2.10. The monoisotopic (exact) mass is 332 g/mol. The second-order valence-electron chi connectivity index (χ2n) is 5.85. The van der Waals surface area contributed by atoms with Crippen molar-refractivity contribution in [2.24, 2.45) is 0 Å². The van der Waals surface area contributed by atoms with Crippen molar-refractivity contribution in [3.05, 3.63) is 41.5 Å². The standard InChI is InChI=1S/C20H28O4/c1-4-5-6-7-8-9-18-10-12-19(13-11-18)14-15-20(23-16(2)21)24-17(3)22/h10-15,20H,4-9H2,1-3H3. The molecule has 0 unspecified atom stereocenters. The Kier molecular flexibility index (Phi) is 9.51. The number of benzene rings is 1. The van der Waals surface area contributed by atoms with Crippen LogP contribution in [0.4, 0.5) is 0 Å². The molecular formula is C20H28O4. The van der Waals surface area contributed by atoms with Crippen molar-refractivity contribution in [2.45, 2.75) is 65.6 Å². The zero-order chi connectivity index (χ0) is 17.8. The fraction of sp³-hybridized carbons (Fsp3) is 0.500. The Morgan fingerprint density at radius 3 is 2.08 bits per heavy atom. The predicted molar refractivity (Wildman–Crippen MR) is 95.3 cm³/mol. The third kappa shape index (κ3) is 9.13. The maximum atomic E-state index is 11.0. The second-order valence-corrected chi connectivity index (χ2v) is 5.85. The minimum Gasteiger partial charge on any atom is -0.421 e. The van der Waals surface area contributed by atoms with E-state index in [1.165, 1.54) is 51.5 Å². The molecule has 0 saturated carbocycles. The highest BCUT2D eigenvalue weighted by Crippen LogP contribution is 2.12. The van der Waals surface area contributed by atoms with E-state index in [2.05, 4.69) is 19.1 Å². The molecule has 0 aliphatic rings. The van der Waals surface area contributed by atoms with Crippen LogP contribution in [0.1, 0.15) is 64.0 Å². The van der Waals surface area contributed by atoms with Gasteiger partial charge in [0.1, 0.15) is 0 Å². The number of rotatable bonds is 10. The first kappa shape index (κ1) is 19.9. The lowest BCUT2D eigenvalue weighted by atomic mass is 10.0. The van der Waals surface area contributed by atoms with Gasteiger partial charge in [-0.25, -0.2) is 0 Å². The predicted octanol–water partition coefficient (Wildman–Crippen LogP) is 4.67. The van der Waals surface area contributed by atoms with Gasteiger partial charge in [0.25, 0.3) is 6.29 Å². The zero-order valence-corrected chi connectivity index (χ0v) is 14.9. The van der Waals surface area contributed by atoms with Gasteiger partial charge in [-0.05, 0) is 30.0 Å². The highest BCUT2D eigenvalue weighted by molar-refractivity contribution is 5.68. The third-order valence-corrected chi connectivity index (χ3v) is 3.56. The minimum atomic E-state index is -0.988. The van der Waals surface area contributed by atoms with E-state index in [4.69, 9.17) is 9.47 Å². The second kappa shape index (κ2) is 11.4. The molecule has 1 rings (SSSR count). The minimum absolute atomic E-state index is 0.496. The van der Waals surface area contributed by atoms with E-state index in [0.717, 1.165) is 12.0 Å². The maximum Gasteiger partial charge on any atom is 0.305 e. The molecule has 1 aromatic carbocycles. The van der Waals surface area contributed by atoms with Gasteiger partial charge in [-0.15, -0.1) is 0 Å². The lowest BCUT2D eigenvalue weighted by Gasteiger charge is -2.12. The summed E-state index contributed by atoms with van der Waals surface area (Å²) in [7, 11) is 0. The van der Waals surface area contributed by atoms with Crippen molar-refractivity contribution < 1.29 is 19.1 Å². The molecule has 1 aromatic rings. The van der Waals surface area contributed by atoms with Gasteiger partial charge in [-0.2, -0.15) is 0 Å². The molecule has 24 heavy (non-hydrogen) atoms. The van der Waals surface area contributed by atoms with E-state index >= 15 is 0 Å². The first-order valence-corrected chi connectivity index (χ1v) is 8.63. The van der Waals surface area contributed by atoms with E-state index in [-0.39, 0.29) is 0 Å². The molecule has 0 aromatic heterocycles. The normalized spacial score (nSPS) is 11.0. The van der Waals surface area contributed by atoms with Crippen LogP contribution in [0.3, 0.4) is 0 Å². The van der Waals surface area contributed by atoms with Crippen LogP contribution in [0, 0.1) is 0 Å². The van der Waals surface area contributed by atoms with Crippen LogP contribution >= 0.6 is 0 Å². The largest absolute Gasteiger partial charge is 0.421 e. The van der Waals surface area contributed by atoms with Crippen molar-refractivity contribution in [1.29, 1.82) is 0 Å². The van der Waals surface area contributed by atoms with Crippen molar-refractivity contribution in [3.63, 3.8) is 0 Å². The van der Waals surface area contributed by atoms with Crippen molar-refractivity contribution >= 4 is 18.0 Å². The Balaban J connectivity index is 2.51. The molecule has 0 N–H and O–H groups in total. The van der Waals surface area contributed by atoms with Gasteiger partial charge in [-0.1, -0.05) is 62.9 Å². The van der Waals surface area contributed by atoms with Crippen molar-refractivity contribution in [3.8, 4) is 0 Å². The Bertz CT molecular complexity index is 515. The molecule has 0 fully saturated rings. The van der Waals surface area contributed by atoms with Crippen LogP contribution in [0.2, 0.25) is 0 Å². The molecule has 0 spiro atoms. The number of hydrogen-bond donors (Lipinski definition) is 0. The molecule has 0 bridgehead atoms. The van der Waals surface area contributed by atoms with Gasteiger partial charge in [0.15, 0.2) is 0 Å². The van der Waals surface area contributed by atoms with Crippen LogP contribution in [0.25, 0.3) is 6.08 Å². The number of ether oxygens (including phenoxy) is 2. The topological polar surface area (TPSA) is 52.6 Å². The molecule has 4 heteroatoms. The van der Waals surface area contributed by atoms with Crippen molar-refractivity contribution in [1.82, 2.24) is 0 Å². The summed E-state index contributed by atoms with van der Waals surface area (Å²) < 4.78 is 9.85. The Labute approximate surface area is 144 Å². The highest BCUT2D eigenvalue weighted by Gasteiger charge is 2.10. The lowest BCUT2D eigenvalue weighted by molar-refractivity contribution is -0.176. The van der Waals surface area contributed by atoms with E-state index in [0.29, 0.717) is 0 Å². The van der Waals surface area contributed by atoms with Crippen molar-refractivity contribution in [2.75, 3.05) is 0 Å². The van der Waals surface area contributed by atoms with Gasteiger partial charge in [0.05, 0.1) is 0 Å². The van der Waals surface area contributed by atoms with Gasteiger partial charge < -0.3 is 9.47 Å². The molecule has 0 aliphatic heterocycles. The zero-order valence-electron chi connectivity index (χ0n) is 14.9. The fourth-order valence-corrected chi connectivity index (χ4v) is 2.35. The van der Waals surface area contributed by atoms with Crippen LogP contribution < -0.4 is 0 Å². The van der Waals surface area contributed by atoms with Gasteiger partial charge in [0, 0.05) is 13.8 Å². The molecule has 0 aliphatic carbocycles. The molecular weight excluding hydrogens is 304 g/mol. The summed E-state index contributed by atoms with van der Waals surface area (Å²) in [6.07, 6.45) is 9.83. The van der Waals surface area contributed by atoms with Crippen LogP contribution in [-0.4, -0.2) is 18.2 Å². The number of unbranched alkanes of at least 4 members (excludes halogenated alkanes) is 4. The summed E-state index contributed by atoms with van der Waals surface area (Å²) in [6.45, 7) is 4.78. The van der Waals surface area contributed by atoms with Gasteiger partial charge in [-0.3, -0.25) is 9.59 Å². The van der Waals surface area contributed by atoms with E-state index in [1.54, 1.807) is 12.2 Å². The summed E-state index contributed by atoms with van der Waals surface area (Å²) >= 11 is 0. The smallest absolute Gasteiger partial charge is 0.305 e. The summed E-state index contributed by atoms with van der Waals surface area (Å²) in [5.74, 6) is -0.992. The summed E-state index contributed by atoms with van der Waals surface area (Å²) in [6, 6.07) is 8.23. The molecule has 0 heterocycles. The number of aryl methyl sites for hydroxylation is 1. The number of carbonyl (C=O) groups is 2.